The molecule has 0 radical (unpaired) electrons. The van der Waals surface area contributed by atoms with E-state index >= 15 is 0 Å². The predicted molar refractivity (Wildman–Crippen MR) is 72.7 cm³/mol. The summed E-state index contributed by atoms with van der Waals surface area (Å²) in [6.45, 7) is 2.21. The second-order valence-corrected chi connectivity index (χ2v) is 6.22. The van der Waals surface area contributed by atoms with Crippen molar-refractivity contribution in [2.45, 2.75) is 30.1 Å². The van der Waals surface area contributed by atoms with Gasteiger partial charge in [0, 0.05) is 25.9 Å². The summed E-state index contributed by atoms with van der Waals surface area (Å²) in [5, 5.41) is 12.5. The summed E-state index contributed by atoms with van der Waals surface area (Å²) in [6.07, 6.45) is 2.42. The summed E-state index contributed by atoms with van der Waals surface area (Å²) >= 11 is 3.46. The van der Waals surface area contributed by atoms with Gasteiger partial charge in [-0.05, 0) is 26.8 Å². The van der Waals surface area contributed by atoms with Gasteiger partial charge in [-0.1, -0.05) is 23.1 Å². The van der Waals surface area contributed by atoms with Crippen LogP contribution in [0.25, 0.3) is 0 Å². The van der Waals surface area contributed by atoms with Gasteiger partial charge in [0.1, 0.15) is 0 Å². The minimum Gasteiger partial charge on any atom is -0.353 e. The molecule has 16 heavy (non-hydrogen) atoms. The van der Waals surface area contributed by atoms with Gasteiger partial charge in [-0.3, -0.25) is 0 Å². The van der Waals surface area contributed by atoms with Crippen LogP contribution in [0.4, 0.5) is 5.13 Å². The zero-order chi connectivity index (χ0) is 12.0. The van der Waals surface area contributed by atoms with Crippen molar-refractivity contribution in [2.24, 2.45) is 0 Å². The van der Waals surface area contributed by atoms with Crippen molar-refractivity contribution in [1.29, 1.82) is 0 Å². The maximum absolute atomic E-state index is 4.15. The fraction of sp³-hybridized carbons (Fsp3) is 0.800. The monoisotopic (exact) mass is 260 g/mol. The molecule has 0 aliphatic heterocycles. The maximum Gasteiger partial charge on any atom is 0.208 e. The van der Waals surface area contributed by atoms with Gasteiger partial charge in [-0.15, -0.1) is 10.2 Å². The molecular weight excluding hydrogens is 240 g/mol. The first kappa shape index (κ1) is 13.7. The molecule has 92 valence electrons. The number of rotatable bonds is 7. The van der Waals surface area contributed by atoms with Crippen LogP contribution in [0.1, 0.15) is 19.8 Å². The summed E-state index contributed by atoms with van der Waals surface area (Å²) in [5.74, 6) is 1.12. The number of nitrogens with zero attached hydrogens (tertiary/aromatic N) is 3. The Balaban J connectivity index is 2.21. The molecule has 1 aromatic heterocycles. The van der Waals surface area contributed by atoms with Crippen molar-refractivity contribution in [2.75, 3.05) is 31.8 Å². The molecule has 0 fully saturated rings. The van der Waals surface area contributed by atoms with Crippen LogP contribution in [-0.2, 0) is 0 Å². The van der Waals surface area contributed by atoms with Crippen molar-refractivity contribution in [1.82, 2.24) is 15.5 Å². The predicted octanol–water partition coefficient (Wildman–Crippen LogP) is 2.08. The van der Waals surface area contributed by atoms with Crippen LogP contribution in [0, 0.1) is 0 Å². The van der Waals surface area contributed by atoms with E-state index < -0.39 is 0 Å². The summed E-state index contributed by atoms with van der Waals surface area (Å²) in [5.41, 5.74) is 0. The Bertz CT molecular complexity index is 301. The molecule has 0 saturated heterocycles. The Morgan fingerprint density at radius 3 is 2.75 bits per heavy atom. The van der Waals surface area contributed by atoms with Crippen LogP contribution in [0.3, 0.4) is 0 Å². The summed E-state index contributed by atoms with van der Waals surface area (Å²) in [6, 6.07) is 0.604. The summed E-state index contributed by atoms with van der Waals surface area (Å²) < 4.78 is 1.07. The number of anilines is 1. The van der Waals surface area contributed by atoms with E-state index in [-0.39, 0.29) is 0 Å². The third-order valence-electron chi connectivity index (χ3n) is 2.28. The maximum atomic E-state index is 4.15. The van der Waals surface area contributed by atoms with Crippen LogP contribution in [0.15, 0.2) is 4.34 Å². The van der Waals surface area contributed by atoms with Crippen LogP contribution >= 0.6 is 23.1 Å². The molecule has 0 spiro atoms. The summed E-state index contributed by atoms with van der Waals surface area (Å²) in [4.78, 5) is 1.99. The topological polar surface area (TPSA) is 41.1 Å². The van der Waals surface area contributed by atoms with E-state index in [1.807, 2.05) is 26.0 Å². The minimum atomic E-state index is 0.604. The highest BCUT2D eigenvalue weighted by atomic mass is 32.2. The van der Waals surface area contributed by atoms with Crippen molar-refractivity contribution < 1.29 is 0 Å². The average Bonchev–Trinajstić information content (AvgIpc) is 2.72. The second kappa shape index (κ2) is 7.09. The lowest BCUT2D eigenvalue weighted by Crippen LogP contribution is -2.20. The first-order chi connectivity index (χ1) is 7.63. The number of hydrogen-bond donors (Lipinski definition) is 1. The van der Waals surface area contributed by atoms with E-state index in [0.717, 1.165) is 15.2 Å². The smallest absolute Gasteiger partial charge is 0.208 e. The molecule has 4 nitrogen and oxygen atoms in total. The van der Waals surface area contributed by atoms with Crippen molar-refractivity contribution in [3.05, 3.63) is 0 Å². The second-order valence-electron chi connectivity index (χ2n) is 3.93. The molecule has 0 bridgehead atoms. The Kier molecular flexibility index (Phi) is 6.08. The fourth-order valence-corrected chi connectivity index (χ4v) is 2.93. The Hall–Kier alpha value is -0.330. The molecule has 0 aliphatic rings. The molecule has 0 saturated carbocycles. The van der Waals surface area contributed by atoms with Gasteiger partial charge in [-0.2, -0.15) is 0 Å². The molecule has 1 N–H and O–H groups in total. The molecular formula is C10H20N4S2. The average molecular weight is 260 g/mol. The third kappa shape index (κ3) is 4.67. The molecule has 1 atom stereocenters. The van der Waals surface area contributed by atoms with Gasteiger partial charge in [0.25, 0.3) is 0 Å². The standard InChI is InChI=1S/C10H20N4S2/c1-8(11-2)6-5-7-15-10-13-12-9(16-10)14(3)4/h8,11H,5-7H2,1-4H3. The molecule has 1 heterocycles. The van der Waals surface area contributed by atoms with Gasteiger partial charge >= 0.3 is 0 Å². The zero-order valence-electron chi connectivity index (χ0n) is 10.4. The van der Waals surface area contributed by atoms with Crippen LogP contribution in [0.5, 0.6) is 0 Å². The Morgan fingerprint density at radius 2 is 2.19 bits per heavy atom. The lowest BCUT2D eigenvalue weighted by Gasteiger charge is -2.08. The van der Waals surface area contributed by atoms with E-state index in [0.29, 0.717) is 6.04 Å². The SMILES string of the molecule is CNC(C)CCCSc1nnc(N(C)C)s1. The van der Waals surface area contributed by atoms with E-state index in [1.165, 1.54) is 12.8 Å². The zero-order valence-corrected chi connectivity index (χ0v) is 12.0. The normalized spacial score (nSPS) is 12.8. The van der Waals surface area contributed by atoms with Crippen molar-refractivity contribution in [3.63, 3.8) is 0 Å². The third-order valence-corrected chi connectivity index (χ3v) is 4.59. The molecule has 0 aliphatic carbocycles. The molecule has 0 amide bonds. The van der Waals surface area contributed by atoms with E-state index in [2.05, 4.69) is 22.4 Å². The van der Waals surface area contributed by atoms with Gasteiger partial charge in [0.2, 0.25) is 5.13 Å². The molecule has 1 aromatic rings. The number of hydrogen-bond acceptors (Lipinski definition) is 6. The fourth-order valence-electron chi connectivity index (χ4n) is 1.13. The summed E-state index contributed by atoms with van der Waals surface area (Å²) in [7, 11) is 5.99. The minimum absolute atomic E-state index is 0.604. The lowest BCUT2D eigenvalue weighted by atomic mass is 10.2. The van der Waals surface area contributed by atoms with Crippen LogP contribution in [-0.4, -0.2) is 43.1 Å². The first-order valence-electron chi connectivity index (χ1n) is 5.44. The lowest BCUT2D eigenvalue weighted by molar-refractivity contribution is 0.559. The quantitative estimate of drug-likeness (QED) is 0.600. The Labute approximate surface area is 106 Å². The molecule has 6 heteroatoms. The largest absolute Gasteiger partial charge is 0.353 e. The highest BCUT2D eigenvalue weighted by Crippen LogP contribution is 2.27. The van der Waals surface area contributed by atoms with Crippen molar-refractivity contribution >= 4 is 28.2 Å². The molecule has 0 aromatic carbocycles. The van der Waals surface area contributed by atoms with E-state index in [4.69, 9.17) is 0 Å². The highest BCUT2D eigenvalue weighted by Gasteiger charge is 2.06. The highest BCUT2D eigenvalue weighted by molar-refractivity contribution is 8.01. The molecule has 1 rings (SSSR count). The van der Waals surface area contributed by atoms with Crippen LogP contribution < -0.4 is 10.2 Å². The van der Waals surface area contributed by atoms with Gasteiger partial charge < -0.3 is 10.2 Å². The van der Waals surface area contributed by atoms with Crippen LogP contribution in [0.2, 0.25) is 0 Å². The Morgan fingerprint density at radius 1 is 1.44 bits per heavy atom. The van der Waals surface area contributed by atoms with Gasteiger partial charge in [0.15, 0.2) is 4.34 Å². The van der Waals surface area contributed by atoms with E-state index in [1.54, 1.807) is 23.1 Å². The van der Waals surface area contributed by atoms with Gasteiger partial charge in [0.05, 0.1) is 0 Å². The number of nitrogens with one attached hydrogen (secondary N) is 1. The number of thioether (sulfide) groups is 1. The number of aromatic nitrogens is 2. The van der Waals surface area contributed by atoms with E-state index in [9.17, 15) is 0 Å². The molecule has 1 unspecified atom stereocenters. The van der Waals surface area contributed by atoms with Gasteiger partial charge in [-0.25, -0.2) is 0 Å². The van der Waals surface area contributed by atoms with Crippen molar-refractivity contribution in [3.8, 4) is 0 Å². The first-order valence-corrected chi connectivity index (χ1v) is 7.24.